The van der Waals surface area contributed by atoms with E-state index in [1.54, 1.807) is 18.2 Å². The highest BCUT2D eigenvalue weighted by Crippen LogP contribution is 2.25. The van der Waals surface area contributed by atoms with Gasteiger partial charge in [0.05, 0.1) is 12.1 Å². The van der Waals surface area contributed by atoms with Gasteiger partial charge in [-0.2, -0.15) is 0 Å². The molecule has 2 unspecified atom stereocenters. The Hall–Kier alpha value is -1.75. The highest BCUT2D eigenvalue weighted by atomic mass is 35.5. The molecule has 1 N–H and O–H groups in total. The number of likely N-dealkylation sites (tertiary alicyclic amines) is 2. The van der Waals surface area contributed by atoms with Crippen LogP contribution in [0.1, 0.15) is 56.3 Å². The van der Waals surface area contributed by atoms with Crippen molar-refractivity contribution in [3.63, 3.8) is 0 Å². The molecule has 26 heavy (non-hydrogen) atoms. The van der Waals surface area contributed by atoms with E-state index in [4.69, 9.17) is 11.6 Å². The van der Waals surface area contributed by atoms with Crippen molar-refractivity contribution in [2.45, 2.75) is 58.0 Å². The van der Waals surface area contributed by atoms with Crippen LogP contribution in [0.3, 0.4) is 0 Å². The van der Waals surface area contributed by atoms with Crippen LogP contribution in [-0.2, 0) is 4.79 Å². The minimum absolute atomic E-state index is 0.00817. The Kier molecular flexibility index (Phi) is 6.07. The zero-order valence-corrected chi connectivity index (χ0v) is 16.4. The maximum absolute atomic E-state index is 12.8. The van der Waals surface area contributed by atoms with Gasteiger partial charge in [0.2, 0.25) is 5.91 Å². The molecule has 2 saturated heterocycles. The number of anilines is 1. The zero-order valence-electron chi connectivity index (χ0n) is 15.6. The lowest BCUT2D eigenvalue weighted by Gasteiger charge is -2.39. The van der Waals surface area contributed by atoms with Crippen LogP contribution < -0.4 is 5.32 Å². The van der Waals surface area contributed by atoms with Gasteiger partial charge in [-0.25, -0.2) is 0 Å². The minimum Gasteiger partial charge on any atom is -0.375 e. The predicted octanol–water partition coefficient (Wildman–Crippen LogP) is 3.78. The van der Waals surface area contributed by atoms with Crippen molar-refractivity contribution >= 4 is 29.1 Å². The second-order valence-corrected chi connectivity index (χ2v) is 7.91. The number of rotatable bonds is 4. The topological polar surface area (TPSA) is 52.7 Å². The molecule has 5 nitrogen and oxygen atoms in total. The van der Waals surface area contributed by atoms with Crippen molar-refractivity contribution in [3.05, 3.63) is 28.8 Å². The van der Waals surface area contributed by atoms with E-state index in [0.717, 1.165) is 38.8 Å². The van der Waals surface area contributed by atoms with Crippen LogP contribution in [0.2, 0.25) is 5.02 Å². The Morgan fingerprint density at radius 1 is 1.12 bits per heavy atom. The van der Waals surface area contributed by atoms with Crippen LogP contribution in [0.25, 0.3) is 0 Å². The Bertz CT molecular complexity index is 663. The van der Waals surface area contributed by atoms with E-state index in [0.29, 0.717) is 16.3 Å². The number of nitrogens with zero attached hydrogens (tertiary/aromatic N) is 2. The lowest BCUT2D eigenvalue weighted by atomic mass is 9.97. The van der Waals surface area contributed by atoms with E-state index in [9.17, 15) is 9.59 Å². The van der Waals surface area contributed by atoms with E-state index in [1.807, 2.05) is 9.80 Å². The second-order valence-electron chi connectivity index (χ2n) is 7.47. The quantitative estimate of drug-likeness (QED) is 0.868. The van der Waals surface area contributed by atoms with Gasteiger partial charge < -0.3 is 15.1 Å². The molecule has 0 radical (unpaired) electrons. The number of hydrogen-bond donors (Lipinski definition) is 1. The van der Waals surface area contributed by atoms with Crippen molar-refractivity contribution in [1.82, 2.24) is 9.80 Å². The molecule has 3 rings (SSSR count). The van der Waals surface area contributed by atoms with Gasteiger partial charge in [0.15, 0.2) is 0 Å². The Morgan fingerprint density at radius 3 is 2.42 bits per heavy atom. The van der Waals surface area contributed by atoms with Gasteiger partial charge >= 0.3 is 0 Å². The summed E-state index contributed by atoms with van der Waals surface area (Å²) in [5.74, 6) is 0.0815. The summed E-state index contributed by atoms with van der Waals surface area (Å²) >= 11 is 6.13. The first-order valence-electron chi connectivity index (χ1n) is 9.61. The molecule has 2 heterocycles. The summed E-state index contributed by atoms with van der Waals surface area (Å²) in [6.45, 7) is 5.98. The number of hydrogen-bond acceptors (Lipinski definition) is 3. The van der Waals surface area contributed by atoms with E-state index in [1.165, 1.54) is 6.42 Å². The molecule has 0 saturated carbocycles. The predicted molar refractivity (Wildman–Crippen MR) is 105 cm³/mol. The SMILES string of the molecule is CC1CCCC(C)N1C(=O)CNc1cc(Cl)ccc1C(=O)N1CCCC1. The second kappa shape index (κ2) is 8.30. The van der Waals surface area contributed by atoms with Gasteiger partial charge in [-0.05, 0) is 64.2 Å². The molecule has 2 atom stereocenters. The molecule has 2 fully saturated rings. The number of nitrogens with one attached hydrogen (secondary N) is 1. The number of amides is 2. The van der Waals surface area contributed by atoms with Crippen LogP contribution in [0, 0.1) is 0 Å². The third-order valence-electron chi connectivity index (χ3n) is 5.52. The van der Waals surface area contributed by atoms with Gasteiger partial charge in [0, 0.05) is 35.9 Å². The molecule has 142 valence electrons. The number of benzene rings is 1. The largest absolute Gasteiger partial charge is 0.375 e. The Balaban J connectivity index is 1.71. The summed E-state index contributed by atoms with van der Waals surface area (Å²) in [7, 11) is 0. The van der Waals surface area contributed by atoms with Crippen molar-refractivity contribution < 1.29 is 9.59 Å². The fourth-order valence-corrected chi connectivity index (χ4v) is 4.29. The van der Waals surface area contributed by atoms with Crippen LogP contribution in [-0.4, -0.2) is 53.3 Å². The summed E-state index contributed by atoms with van der Waals surface area (Å²) in [5.41, 5.74) is 1.23. The Labute approximate surface area is 160 Å². The molecular formula is C20H28ClN3O2. The van der Waals surface area contributed by atoms with Crippen LogP contribution in [0.4, 0.5) is 5.69 Å². The molecule has 2 aliphatic rings. The van der Waals surface area contributed by atoms with Gasteiger partial charge in [-0.3, -0.25) is 9.59 Å². The summed E-state index contributed by atoms with van der Waals surface area (Å²) in [6, 6.07) is 5.74. The molecule has 0 aromatic heterocycles. The van der Waals surface area contributed by atoms with Crippen molar-refractivity contribution in [2.24, 2.45) is 0 Å². The lowest BCUT2D eigenvalue weighted by Crippen LogP contribution is -2.49. The average molecular weight is 378 g/mol. The average Bonchev–Trinajstić information content (AvgIpc) is 3.14. The van der Waals surface area contributed by atoms with E-state index in [-0.39, 0.29) is 30.4 Å². The molecule has 2 amide bonds. The highest BCUT2D eigenvalue weighted by Gasteiger charge is 2.29. The van der Waals surface area contributed by atoms with Gasteiger partial charge in [-0.15, -0.1) is 0 Å². The molecule has 6 heteroatoms. The normalized spacial score (nSPS) is 23.2. The van der Waals surface area contributed by atoms with Crippen molar-refractivity contribution in [3.8, 4) is 0 Å². The maximum Gasteiger partial charge on any atom is 0.255 e. The molecule has 1 aromatic rings. The smallest absolute Gasteiger partial charge is 0.255 e. The minimum atomic E-state index is 0.00817. The Morgan fingerprint density at radius 2 is 1.77 bits per heavy atom. The van der Waals surface area contributed by atoms with E-state index < -0.39 is 0 Å². The van der Waals surface area contributed by atoms with Crippen molar-refractivity contribution in [2.75, 3.05) is 25.0 Å². The summed E-state index contributed by atoms with van der Waals surface area (Å²) in [4.78, 5) is 29.4. The fourth-order valence-electron chi connectivity index (χ4n) is 4.11. The molecule has 1 aromatic carbocycles. The molecule has 2 aliphatic heterocycles. The first-order chi connectivity index (χ1) is 12.5. The third kappa shape index (κ3) is 4.14. The van der Waals surface area contributed by atoms with Gasteiger partial charge in [-0.1, -0.05) is 11.6 Å². The lowest BCUT2D eigenvalue weighted by molar-refractivity contribution is -0.135. The molecule has 0 aliphatic carbocycles. The first-order valence-corrected chi connectivity index (χ1v) is 9.99. The number of halogens is 1. The van der Waals surface area contributed by atoms with Crippen molar-refractivity contribution in [1.29, 1.82) is 0 Å². The number of carbonyl (C=O) groups is 2. The third-order valence-corrected chi connectivity index (χ3v) is 5.75. The van der Waals surface area contributed by atoms with E-state index >= 15 is 0 Å². The van der Waals surface area contributed by atoms with E-state index in [2.05, 4.69) is 19.2 Å². The van der Waals surface area contributed by atoms with Crippen LogP contribution in [0.5, 0.6) is 0 Å². The van der Waals surface area contributed by atoms with Gasteiger partial charge in [0.1, 0.15) is 0 Å². The fraction of sp³-hybridized carbons (Fsp3) is 0.600. The molecular weight excluding hydrogens is 350 g/mol. The zero-order chi connectivity index (χ0) is 18.7. The first kappa shape index (κ1) is 19.0. The van der Waals surface area contributed by atoms with Gasteiger partial charge in [0.25, 0.3) is 5.91 Å². The molecule has 0 spiro atoms. The summed E-state index contributed by atoms with van der Waals surface area (Å²) < 4.78 is 0. The number of piperidine rings is 1. The summed E-state index contributed by atoms with van der Waals surface area (Å²) in [5, 5.41) is 3.73. The monoisotopic (exact) mass is 377 g/mol. The van der Waals surface area contributed by atoms with Crippen LogP contribution in [0.15, 0.2) is 18.2 Å². The number of carbonyl (C=O) groups excluding carboxylic acids is 2. The maximum atomic E-state index is 12.8. The molecule has 0 bridgehead atoms. The highest BCUT2D eigenvalue weighted by molar-refractivity contribution is 6.31. The standard InChI is InChI=1S/C20H28ClN3O2/c1-14-6-5-7-15(2)24(14)19(25)13-22-18-12-16(21)8-9-17(18)20(26)23-10-3-4-11-23/h8-9,12,14-15,22H,3-7,10-11,13H2,1-2H3. The summed E-state index contributed by atoms with van der Waals surface area (Å²) in [6.07, 6.45) is 5.36. The van der Waals surface area contributed by atoms with Crippen LogP contribution >= 0.6 is 11.6 Å².